The van der Waals surface area contributed by atoms with Gasteiger partial charge in [-0.05, 0) is 12.1 Å². The summed E-state index contributed by atoms with van der Waals surface area (Å²) in [5, 5.41) is 9.20. The van der Waals surface area contributed by atoms with Gasteiger partial charge in [0.15, 0.2) is 17.2 Å². The second kappa shape index (κ2) is 8.78. The zero-order valence-corrected chi connectivity index (χ0v) is 15.7. The Bertz CT molecular complexity index is 963. The van der Waals surface area contributed by atoms with Crippen LogP contribution in [-0.2, 0) is 4.74 Å². The summed E-state index contributed by atoms with van der Waals surface area (Å²) >= 11 is 5.79. The molecule has 6 nitrogen and oxygen atoms in total. The number of ether oxygens (including phenoxy) is 4. The third-order valence-electron chi connectivity index (χ3n) is 3.53. The highest BCUT2D eigenvalue weighted by Gasteiger charge is 2.34. The molecule has 164 valence electrons. The van der Waals surface area contributed by atoms with Crippen molar-refractivity contribution in [3.05, 3.63) is 40.2 Å². The van der Waals surface area contributed by atoms with E-state index in [1.807, 2.05) is 0 Å². The fourth-order valence-electron chi connectivity index (χ4n) is 2.34. The maximum absolute atomic E-state index is 14.0. The van der Waals surface area contributed by atoms with Crippen LogP contribution in [0, 0.1) is 5.82 Å². The largest absolute Gasteiger partial charge is 0.573 e. The highest BCUT2D eigenvalue weighted by Crippen LogP contribution is 2.46. The number of benzene rings is 2. The van der Waals surface area contributed by atoms with E-state index in [0.29, 0.717) is 12.1 Å². The van der Waals surface area contributed by atoms with E-state index < -0.39 is 69.5 Å². The lowest BCUT2D eigenvalue weighted by atomic mass is 10.1. The number of hydrogen-bond acceptors (Lipinski definition) is 6. The molecule has 0 aliphatic carbocycles. The molecule has 0 spiro atoms. The van der Waals surface area contributed by atoms with Gasteiger partial charge < -0.3 is 24.1 Å². The number of rotatable bonds is 6. The molecule has 13 heteroatoms. The molecule has 0 bridgehead atoms. The van der Waals surface area contributed by atoms with Gasteiger partial charge >= 0.3 is 12.3 Å². The van der Waals surface area contributed by atoms with Gasteiger partial charge in [-0.25, -0.2) is 13.6 Å². The third-order valence-corrected chi connectivity index (χ3v) is 3.85. The number of carbonyl (C=O) groups is 1. The number of esters is 1. The zero-order valence-electron chi connectivity index (χ0n) is 14.9. The lowest BCUT2D eigenvalue weighted by Crippen LogP contribution is -2.18. The quantitative estimate of drug-likeness (QED) is 0.446. The first kappa shape index (κ1) is 23.3. The zero-order chi connectivity index (χ0) is 22.8. The molecular weight excluding hydrogens is 450 g/mol. The van der Waals surface area contributed by atoms with Gasteiger partial charge in [-0.1, -0.05) is 11.6 Å². The van der Waals surface area contributed by atoms with Crippen LogP contribution in [-0.4, -0.2) is 31.7 Å². The van der Waals surface area contributed by atoms with E-state index in [9.17, 15) is 36.2 Å². The first-order chi connectivity index (χ1) is 13.9. The molecular formula is C17H11ClF6O6. The lowest BCUT2D eigenvalue weighted by Gasteiger charge is -2.18. The highest BCUT2D eigenvalue weighted by molar-refractivity contribution is 6.32. The van der Waals surface area contributed by atoms with Crippen molar-refractivity contribution in [1.82, 2.24) is 0 Å². The third kappa shape index (κ3) is 4.75. The van der Waals surface area contributed by atoms with Crippen molar-refractivity contribution >= 4 is 17.6 Å². The highest BCUT2D eigenvalue weighted by atomic mass is 35.5. The predicted molar refractivity (Wildman–Crippen MR) is 89.1 cm³/mol. The van der Waals surface area contributed by atoms with E-state index >= 15 is 0 Å². The van der Waals surface area contributed by atoms with E-state index in [2.05, 4.69) is 9.47 Å². The summed E-state index contributed by atoms with van der Waals surface area (Å²) in [6.45, 7) is 0. The van der Waals surface area contributed by atoms with Crippen LogP contribution in [0.3, 0.4) is 0 Å². The monoisotopic (exact) mass is 460 g/mol. The van der Waals surface area contributed by atoms with Crippen molar-refractivity contribution in [2.75, 3.05) is 14.2 Å². The molecule has 0 aliphatic heterocycles. The molecule has 2 aromatic rings. The Morgan fingerprint density at radius 2 is 1.73 bits per heavy atom. The van der Waals surface area contributed by atoms with Crippen molar-refractivity contribution in [2.24, 2.45) is 0 Å². The topological polar surface area (TPSA) is 74.2 Å². The van der Waals surface area contributed by atoms with Crippen LogP contribution in [0.4, 0.5) is 26.3 Å². The molecule has 0 saturated heterocycles. The Balaban J connectivity index is 2.62. The molecule has 30 heavy (non-hydrogen) atoms. The number of phenols is 1. The Kier molecular flexibility index (Phi) is 6.80. The number of phenolic OH excluding ortho intramolecular Hbond substituents is 1. The maximum atomic E-state index is 14.0. The maximum Gasteiger partial charge on any atom is 0.573 e. The van der Waals surface area contributed by atoms with E-state index in [1.54, 1.807) is 0 Å². The van der Waals surface area contributed by atoms with E-state index in [1.165, 1.54) is 0 Å². The predicted octanol–water partition coefficient (Wildman–Crippen LogP) is 5.61. The number of alkyl halides is 5. The Labute approximate surface area is 169 Å². The first-order valence-electron chi connectivity index (χ1n) is 7.63. The minimum absolute atomic E-state index is 0.488. The standard InChI is InChI=1S/C17H11ClF6O6/c1-27-14-10(15(20)21)6(18)5-9(11(14)16(26)28-2)29-8-4-3-7(12(19)13(8)25)30-17(22,23)24/h3-5,15,25H,1-2H3. The molecule has 0 saturated carbocycles. The molecule has 0 aromatic heterocycles. The molecule has 0 amide bonds. The van der Waals surface area contributed by atoms with Gasteiger partial charge in [0, 0.05) is 6.07 Å². The normalized spacial score (nSPS) is 11.4. The summed E-state index contributed by atoms with van der Waals surface area (Å²) in [5.74, 6) is -7.91. The second-order valence-electron chi connectivity index (χ2n) is 5.35. The molecule has 0 fully saturated rings. The van der Waals surface area contributed by atoms with Gasteiger partial charge in [0.25, 0.3) is 6.43 Å². The fraction of sp³-hybridized carbons (Fsp3) is 0.235. The molecule has 0 radical (unpaired) electrons. The molecule has 2 rings (SSSR count). The number of carbonyl (C=O) groups excluding carboxylic acids is 1. The van der Waals surface area contributed by atoms with Crippen molar-refractivity contribution in [3.8, 4) is 28.7 Å². The summed E-state index contributed by atoms with van der Waals surface area (Å²) in [6.07, 6.45) is -8.41. The Morgan fingerprint density at radius 3 is 2.23 bits per heavy atom. The summed E-state index contributed by atoms with van der Waals surface area (Å²) < 4.78 is 95.3. The van der Waals surface area contributed by atoms with Crippen LogP contribution < -0.4 is 14.2 Å². The lowest BCUT2D eigenvalue weighted by molar-refractivity contribution is -0.275. The summed E-state index contributed by atoms with van der Waals surface area (Å²) in [7, 11) is 1.87. The molecule has 0 aliphatic rings. The Hall–Kier alpha value is -3.02. The van der Waals surface area contributed by atoms with Gasteiger partial charge in [-0.15, -0.1) is 13.2 Å². The summed E-state index contributed by atoms with van der Waals surface area (Å²) in [5.41, 5.74) is -1.55. The molecule has 0 heterocycles. The van der Waals surface area contributed by atoms with Gasteiger partial charge in [0.05, 0.1) is 24.8 Å². The van der Waals surface area contributed by atoms with Gasteiger partial charge in [-0.3, -0.25) is 0 Å². The first-order valence-corrected chi connectivity index (χ1v) is 8.00. The Morgan fingerprint density at radius 1 is 1.13 bits per heavy atom. The summed E-state index contributed by atoms with van der Waals surface area (Å²) in [4.78, 5) is 12.1. The smallest absolute Gasteiger partial charge is 0.502 e. The average molecular weight is 461 g/mol. The van der Waals surface area contributed by atoms with Crippen molar-refractivity contribution in [2.45, 2.75) is 12.8 Å². The van der Waals surface area contributed by atoms with Crippen LogP contribution in [0.1, 0.15) is 22.3 Å². The van der Waals surface area contributed by atoms with E-state index in [4.69, 9.17) is 21.1 Å². The van der Waals surface area contributed by atoms with Crippen LogP contribution >= 0.6 is 11.6 Å². The van der Waals surface area contributed by atoms with Crippen LogP contribution in [0.2, 0.25) is 5.02 Å². The van der Waals surface area contributed by atoms with Crippen molar-refractivity contribution < 1.29 is 55.2 Å². The molecule has 1 N–H and O–H groups in total. The van der Waals surface area contributed by atoms with Crippen LogP contribution in [0.5, 0.6) is 28.7 Å². The number of hydrogen-bond donors (Lipinski definition) is 1. The minimum Gasteiger partial charge on any atom is -0.502 e. The average Bonchev–Trinajstić information content (AvgIpc) is 2.65. The fourth-order valence-corrected chi connectivity index (χ4v) is 2.61. The van der Waals surface area contributed by atoms with Gasteiger partial charge in [-0.2, -0.15) is 4.39 Å². The number of aromatic hydroxyl groups is 1. The summed E-state index contributed by atoms with van der Waals surface area (Å²) in [6, 6.07) is 1.92. The number of halogens is 7. The number of methoxy groups -OCH3 is 2. The van der Waals surface area contributed by atoms with Gasteiger partial charge in [0.2, 0.25) is 5.82 Å². The van der Waals surface area contributed by atoms with Crippen molar-refractivity contribution in [1.29, 1.82) is 0 Å². The van der Waals surface area contributed by atoms with E-state index in [0.717, 1.165) is 20.3 Å². The molecule has 0 unspecified atom stereocenters. The molecule has 0 atom stereocenters. The van der Waals surface area contributed by atoms with Crippen molar-refractivity contribution in [3.63, 3.8) is 0 Å². The van der Waals surface area contributed by atoms with Crippen LogP contribution in [0.25, 0.3) is 0 Å². The SMILES string of the molecule is COC(=O)c1c(Oc2ccc(OC(F)(F)F)c(F)c2O)cc(Cl)c(C(F)F)c1OC. The minimum atomic E-state index is -5.24. The van der Waals surface area contributed by atoms with Crippen LogP contribution in [0.15, 0.2) is 18.2 Å². The molecule has 2 aromatic carbocycles. The second-order valence-corrected chi connectivity index (χ2v) is 5.75. The van der Waals surface area contributed by atoms with Gasteiger partial charge in [0.1, 0.15) is 17.1 Å². The van der Waals surface area contributed by atoms with E-state index in [-0.39, 0.29) is 0 Å².